The summed E-state index contributed by atoms with van der Waals surface area (Å²) in [6.45, 7) is 4.72. The molecule has 1 aliphatic rings. The van der Waals surface area contributed by atoms with Crippen LogP contribution in [0, 0.1) is 0 Å². The Labute approximate surface area is 149 Å². The van der Waals surface area contributed by atoms with Crippen LogP contribution in [0.25, 0.3) is 0 Å². The molecule has 1 aromatic heterocycles. The number of urea groups is 1. The normalized spacial score (nSPS) is 14.9. The molecule has 0 unspecified atom stereocenters. The second-order valence-corrected chi connectivity index (χ2v) is 6.46. The number of hydrogen-bond donors (Lipinski definition) is 2. The van der Waals surface area contributed by atoms with E-state index in [-0.39, 0.29) is 11.9 Å². The molecule has 0 radical (unpaired) electrons. The second-order valence-electron chi connectivity index (χ2n) is 6.46. The predicted octanol–water partition coefficient (Wildman–Crippen LogP) is 0.111. The minimum Gasteiger partial charge on any atom is -0.354 e. The highest BCUT2D eigenvalue weighted by Crippen LogP contribution is 2.14. The predicted molar refractivity (Wildman–Crippen MR) is 97.5 cm³/mol. The Balaban J connectivity index is 1.76. The average molecular weight is 348 g/mol. The lowest BCUT2D eigenvalue weighted by Crippen LogP contribution is -2.44. The minimum absolute atomic E-state index is 0.00810. The van der Waals surface area contributed by atoms with Crippen LogP contribution in [-0.2, 0) is 11.3 Å². The van der Waals surface area contributed by atoms with Gasteiger partial charge < -0.3 is 25.3 Å². The van der Waals surface area contributed by atoms with Crippen molar-refractivity contribution >= 4 is 17.8 Å². The van der Waals surface area contributed by atoms with Crippen LogP contribution in [-0.4, -0.2) is 80.6 Å². The van der Waals surface area contributed by atoms with Gasteiger partial charge in [0, 0.05) is 66.0 Å². The Kier molecular flexibility index (Phi) is 7.00. The summed E-state index contributed by atoms with van der Waals surface area (Å²) in [4.78, 5) is 33.8. The van der Waals surface area contributed by atoms with E-state index >= 15 is 0 Å². The van der Waals surface area contributed by atoms with Gasteiger partial charge in [0.25, 0.3) is 0 Å². The van der Waals surface area contributed by atoms with Crippen molar-refractivity contribution in [3.05, 3.63) is 23.9 Å². The number of anilines is 1. The maximum atomic E-state index is 11.8. The summed E-state index contributed by atoms with van der Waals surface area (Å²) >= 11 is 0. The van der Waals surface area contributed by atoms with Crippen LogP contribution in [0.1, 0.15) is 12.0 Å². The van der Waals surface area contributed by atoms with E-state index in [1.165, 1.54) is 4.90 Å². The fourth-order valence-corrected chi connectivity index (χ4v) is 2.53. The molecule has 1 aromatic rings. The maximum Gasteiger partial charge on any atom is 0.315 e. The van der Waals surface area contributed by atoms with Gasteiger partial charge in [-0.25, -0.2) is 9.78 Å². The van der Waals surface area contributed by atoms with E-state index in [2.05, 4.69) is 32.5 Å². The number of pyridine rings is 1. The quantitative estimate of drug-likeness (QED) is 0.763. The van der Waals surface area contributed by atoms with Gasteiger partial charge in [0.2, 0.25) is 5.91 Å². The first-order valence-corrected chi connectivity index (χ1v) is 8.56. The Hall–Kier alpha value is -2.35. The molecule has 0 aliphatic carbocycles. The third kappa shape index (κ3) is 6.22. The van der Waals surface area contributed by atoms with Gasteiger partial charge in [-0.2, -0.15) is 0 Å². The lowest BCUT2D eigenvalue weighted by molar-refractivity contribution is -0.128. The number of carbonyl (C=O) groups is 2. The first-order valence-electron chi connectivity index (χ1n) is 8.56. The summed E-state index contributed by atoms with van der Waals surface area (Å²) in [6, 6.07) is 3.64. The zero-order chi connectivity index (χ0) is 18.2. The fraction of sp³-hybridized carbons (Fsp3) is 0.588. The first-order chi connectivity index (χ1) is 12.0. The van der Waals surface area contributed by atoms with Gasteiger partial charge in [0.05, 0.1) is 0 Å². The number of nitrogens with zero attached hydrogens (tertiary/aromatic N) is 4. The van der Waals surface area contributed by atoms with Crippen LogP contribution in [0.2, 0.25) is 0 Å². The smallest absolute Gasteiger partial charge is 0.315 e. The van der Waals surface area contributed by atoms with Gasteiger partial charge in [-0.1, -0.05) is 0 Å². The third-order valence-electron chi connectivity index (χ3n) is 4.21. The molecular weight excluding hydrogens is 320 g/mol. The van der Waals surface area contributed by atoms with E-state index in [9.17, 15) is 9.59 Å². The van der Waals surface area contributed by atoms with Gasteiger partial charge >= 0.3 is 6.03 Å². The molecule has 1 aliphatic heterocycles. The van der Waals surface area contributed by atoms with Crippen molar-refractivity contribution in [1.82, 2.24) is 25.4 Å². The number of carbonyl (C=O) groups excluding carboxylic acids is 2. The molecule has 0 aromatic carbocycles. The minimum atomic E-state index is -0.274. The van der Waals surface area contributed by atoms with Crippen LogP contribution in [0.4, 0.5) is 10.6 Å². The van der Waals surface area contributed by atoms with Crippen LogP contribution in [0.15, 0.2) is 18.3 Å². The SMILES string of the molecule is CN1CCN(c2cc(CNC(=O)NCCC(=O)N(C)C)ccn2)CC1. The average Bonchev–Trinajstić information content (AvgIpc) is 2.60. The summed E-state index contributed by atoms with van der Waals surface area (Å²) in [7, 11) is 5.52. The molecule has 2 N–H and O–H groups in total. The van der Waals surface area contributed by atoms with Crippen molar-refractivity contribution < 1.29 is 9.59 Å². The van der Waals surface area contributed by atoms with Gasteiger partial charge in [-0.15, -0.1) is 0 Å². The van der Waals surface area contributed by atoms with Crippen LogP contribution in [0.5, 0.6) is 0 Å². The summed E-state index contributed by atoms with van der Waals surface area (Å²) in [6.07, 6.45) is 2.07. The number of likely N-dealkylation sites (N-methyl/N-ethyl adjacent to an activating group) is 1. The highest BCUT2D eigenvalue weighted by atomic mass is 16.2. The molecule has 2 rings (SSSR count). The van der Waals surface area contributed by atoms with Crippen LogP contribution >= 0.6 is 0 Å². The number of piperazine rings is 1. The topological polar surface area (TPSA) is 80.8 Å². The zero-order valence-electron chi connectivity index (χ0n) is 15.3. The van der Waals surface area contributed by atoms with Gasteiger partial charge in [-0.05, 0) is 24.7 Å². The Morgan fingerprint density at radius 2 is 1.92 bits per heavy atom. The van der Waals surface area contributed by atoms with Gasteiger partial charge in [0.15, 0.2) is 0 Å². The Morgan fingerprint density at radius 1 is 1.20 bits per heavy atom. The second kappa shape index (κ2) is 9.22. The van der Waals surface area contributed by atoms with Crippen LogP contribution < -0.4 is 15.5 Å². The number of rotatable bonds is 6. The summed E-state index contributed by atoms with van der Waals surface area (Å²) < 4.78 is 0. The van der Waals surface area contributed by atoms with Crippen molar-refractivity contribution in [2.75, 3.05) is 58.8 Å². The molecule has 25 heavy (non-hydrogen) atoms. The Bertz CT molecular complexity index is 584. The van der Waals surface area contributed by atoms with Crippen molar-refractivity contribution in [1.29, 1.82) is 0 Å². The molecule has 8 heteroatoms. The van der Waals surface area contributed by atoms with Gasteiger partial charge in [0.1, 0.15) is 5.82 Å². The number of nitrogens with one attached hydrogen (secondary N) is 2. The molecule has 1 fully saturated rings. The van der Waals surface area contributed by atoms with E-state index < -0.39 is 0 Å². The van der Waals surface area contributed by atoms with E-state index in [4.69, 9.17) is 0 Å². The highest BCUT2D eigenvalue weighted by molar-refractivity contribution is 5.77. The molecule has 0 saturated carbocycles. The lowest BCUT2D eigenvalue weighted by Gasteiger charge is -2.33. The molecule has 0 bridgehead atoms. The molecule has 138 valence electrons. The van der Waals surface area contributed by atoms with E-state index in [1.807, 2.05) is 12.1 Å². The molecule has 0 spiro atoms. The monoisotopic (exact) mass is 348 g/mol. The van der Waals surface area contributed by atoms with Crippen molar-refractivity contribution in [2.24, 2.45) is 0 Å². The fourth-order valence-electron chi connectivity index (χ4n) is 2.53. The molecule has 3 amide bonds. The summed E-state index contributed by atoms with van der Waals surface area (Å²) in [5.41, 5.74) is 1.00. The van der Waals surface area contributed by atoms with Crippen molar-refractivity contribution in [3.63, 3.8) is 0 Å². The maximum absolute atomic E-state index is 11.8. The standard InChI is InChI=1S/C17H28N6O2/c1-21(2)16(24)5-7-19-17(25)20-13-14-4-6-18-15(12-14)23-10-8-22(3)9-11-23/h4,6,12H,5,7-11,13H2,1-3H3,(H2,19,20,25). The molecule has 8 nitrogen and oxygen atoms in total. The molecule has 0 atom stereocenters. The summed E-state index contributed by atoms with van der Waals surface area (Å²) in [5, 5.41) is 5.50. The largest absolute Gasteiger partial charge is 0.354 e. The van der Waals surface area contributed by atoms with Gasteiger partial charge in [-0.3, -0.25) is 4.79 Å². The zero-order valence-corrected chi connectivity index (χ0v) is 15.3. The lowest BCUT2D eigenvalue weighted by atomic mass is 10.2. The van der Waals surface area contributed by atoms with E-state index in [0.29, 0.717) is 19.5 Å². The number of aromatic nitrogens is 1. The van der Waals surface area contributed by atoms with E-state index in [1.54, 1.807) is 20.3 Å². The summed E-state index contributed by atoms with van der Waals surface area (Å²) in [5.74, 6) is 0.940. The number of hydrogen-bond acceptors (Lipinski definition) is 5. The first kappa shape index (κ1) is 19.0. The van der Waals surface area contributed by atoms with Crippen molar-refractivity contribution in [2.45, 2.75) is 13.0 Å². The highest BCUT2D eigenvalue weighted by Gasteiger charge is 2.15. The van der Waals surface area contributed by atoms with Crippen molar-refractivity contribution in [3.8, 4) is 0 Å². The Morgan fingerprint density at radius 3 is 2.60 bits per heavy atom. The third-order valence-corrected chi connectivity index (χ3v) is 4.21. The van der Waals surface area contributed by atoms with E-state index in [0.717, 1.165) is 37.6 Å². The van der Waals surface area contributed by atoms with Crippen LogP contribution in [0.3, 0.4) is 0 Å². The molecule has 2 heterocycles. The molecule has 1 saturated heterocycles. The molecular formula is C17H28N6O2. The number of amides is 3.